The number of aliphatic imine (C=N–C) groups is 1. The average molecular weight is 496 g/mol. The van der Waals surface area contributed by atoms with Gasteiger partial charge in [0.15, 0.2) is 0 Å². The van der Waals surface area contributed by atoms with Gasteiger partial charge in [-0.2, -0.15) is 0 Å². The molecule has 4 heterocycles. The summed E-state index contributed by atoms with van der Waals surface area (Å²) < 4.78 is 0. The largest absolute Gasteiger partial charge is 0.310 e. The predicted molar refractivity (Wildman–Crippen MR) is 142 cm³/mol. The minimum Gasteiger partial charge on any atom is -0.310 e. The van der Waals surface area contributed by atoms with Gasteiger partial charge >= 0.3 is 0 Å². The molecule has 0 aromatic carbocycles. The molecule has 2 amide bonds. The fourth-order valence-electron chi connectivity index (χ4n) is 6.42. The lowest BCUT2D eigenvalue weighted by Crippen LogP contribution is -2.47. The van der Waals surface area contributed by atoms with Crippen LogP contribution >= 0.6 is 0 Å². The van der Waals surface area contributed by atoms with E-state index in [1.807, 2.05) is 17.0 Å². The first-order valence-electron chi connectivity index (χ1n) is 13.4. The van der Waals surface area contributed by atoms with Gasteiger partial charge in [0.2, 0.25) is 5.91 Å². The number of aromatic nitrogens is 2. The second-order valence-corrected chi connectivity index (χ2v) is 11.9. The maximum absolute atomic E-state index is 13.5. The van der Waals surface area contributed by atoms with Crippen LogP contribution in [0.4, 0.5) is 5.82 Å². The maximum Gasteiger partial charge on any atom is 0.271 e. The molecule has 4 aliphatic rings. The smallest absolute Gasteiger partial charge is 0.271 e. The SMILES string of the molecule is CC(C)(C)C1=NC2(CCCCCC2)N(CC#Cc2cnc3c(c2)C[C@@]2(C3)C(=O)Nc3ncccc32)C1=O. The van der Waals surface area contributed by atoms with E-state index in [0.29, 0.717) is 30.9 Å². The van der Waals surface area contributed by atoms with Crippen molar-refractivity contribution in [2.75, 3.05) is 11.9 Å². The summed E-state index contributed by atoms with van der Waals surface area (Å²) in [6, 6.07) is 5.91. The summed E-state index contributed by atoms with van der Waals surface area (Å²) in [5, 5.41) is 2.94. The number of anilines is 1. The third kappa shape index (κ3) is 3.85. The molecule has 7 nitrogen and oxygen atoms in total. The van der Waals surface area contributed by atoms with Crippen LogP contribution in [-0.4, -0.2) is 44.6 Å². The third-order valence-electron chi connectivity index (χ3n) is 8.37. The highest BCUT2D eigenvalue weighted by atomic mass is 16.2. The molecule has 7 heteroatoms. The van der Waals surface area contributed by atoms with Gasteiger partial charge < -0.3 is 10.2 Å². The molecule has 2 aromatic rings. The molecule has 0 bridgehead atoms. The minimum atomic E-state index is -0.639. The number of hydrogen-bond donors (Lipinski definition) is 1. The first kappa shape index (κ1) is 23.8. The Bertz CT molecular complexity index is 1380. The van der Waals surface area contributed by atoms with Gasteiger partial charge in [-0.25, -0.2) is 4.98 Å². The van der Waals surface area contributed by atoms with Crippen molar-refractivity contribution in [1.29, 1.82) is 0 Å². The van der Waals surface area contributed by atoms with Gasteiger partial charge in [0.1, 0.15) is 17.2 Å². The highest BCUT2D eigenvalue weighted by molar-refractivity contribution is 6.42. The zero-order valence-electron chi connectivity index (χ0n) is 21.9. The van der Waals surface area contributed by atoms with Crippen LogP contribution in [0.1, 0.15) is 81.7 Å². The lowest BCUT2D eigenvalue weighted by atomic mass is 9.80. The van der Waals surface area contributed by atoms with Gasteiger partial charge in [0, 0.05) is 41.1 Å². The monoisotopic (exact) mass is 495 g/mol. The molecule has 1 N–H and O–H groups in total. The Morgan fingerprint density at radius 2 is 1.86 bits per heavy atom. The normalized spacial score (nSPS) is 23.9. The Balaban J connectivity index is 1.24. The number of carbonyl (C=O) groups excluding carboxylic acids is 2. The summed E-state index contributed by atoms with van der Waals surface area (Å²) in [6.07, 6.45) is 11.0. The second-order valence-electron chi connectivity index (χ2n) is 11.9. The van der Waals surface area contributed by atoms with Crippen LogP contribution in [0.3, 0.4) is 0 Å². The van der Waals surface area contributed by atoms with E-state index in [9.17, 15) is 9.59 Å². The molecule has 1 saturated carbocycles. The standard InChI is InChI=1S/C30H33N5O2/c1-28(2,3)24-26(36)35(30(34-24)12-6-4-5-7-13-30)15-9-10-20-16-21-17-29(18-23(21)32-19-20)22-11-8-14-31-25(22)33-27(29)37/h8,11,14,16,19H,4-7,12-13,15,17-18H2,1-3H3,(H,31,33,37)/t29-/m0/s1. The minimum absolute atomic E-state index is 0.0114. The number of carbonyl (C=O) groups is 2. The summed E-state index contributed by atoms with van der Waals surface area (Å²) in [5.41, 5.74) is 3.02. The molecule has 2 aliphatic heterocycles. The van der Waals surface area contributed by atoms with Crippen molar-refractivity contribution in [3.63, 3.8) is 0 Å². The van der Waals surface area contributed by atoms with Crippen LogP contribution in [0.25, 0.3) is 0 Å². The van der Waals surface area contributed by atoms with E-state index in [2.05, 4.69) is 54.0 Å². The van der Waals surface area contributed by atoms with Crippen LogP contribution in [0, 0.1) is 17.3 Å². The van der Waals surface area contributed by atoms with Gasteiger partial charge in [-0.3, -0.25) is 19.6 Å². The molecule has 2 spiro atoms. The van der Waals surface area contributed by atoms with Crippen LogP contribution in [-0.2, 0) is 27.8 Å². The molecule has 190 valence electrons. The van der Waals surface area contributed by atoms with Crippen molar-refractivity contribution in [2.24, 2.45) is 10.4 Å². The first-order chi connectivity index (χ1) is 17.7. The zero-order chi connectivity index (χ0) is 25.8. The van der Waals surface area contributed by atoms with Crippen LogP contribution < -0.4 is 5.32 Å². The molecule has 6 rings (SSSR count). The van der Waals surface area contributed by atoms with Crippen molar-refractivity contribution in [1.82, 2.24) is 14.9 Å². The van der Waals surface area contributed by atoms with E-state index in [1.54, 1.807) is 12.4 Å². The summed E-state index contributed by atoms with van der Waals surface area (Å²) in [4.78, 5) is 42.5. The average Bonchev–Trinajstić information content (AvgIpc) is 3.38. The molecule has 37 heavy (non-hydrogen) atoms. The number of amides is 2. The van der Waals surface area contributed by atoms with E-state index in [0.717, 1.165) is 48.1 Å². The van der Waals surface area contributed by atoms with Gasteiger partial charge in [0.05, 0.1) is 12.0 Å². The van der Waals surface area contributed by atoms with Crippen molar-refractivity contribution >= 4 is 23.3 Å². The van der Waals surface area contributed by atoms with Gasteiger partial charge in [-0.15, -0.1) is 0 Å². The fraction of sp³-hybridized carbons (Fsp3) is 0.500. The van der Waals surface area contributed by atoms with Crippen LogP contribution in [0.15, 0.2) is 35.6 Å². The fourth-order valence-corrected chi connectivity index (χ4v) is 6.42. The first-order valence-corrected chi connectivity index (χ1v) is 13.4. The predicted octanol–water partition coefficient (Wildman–Crippen LogP) is 4.20. The highest BCUT2D eigenvalue weighted by Gasteiger charge is 2.52. The number of hydrogen-bond acceptors (Lipinski definition) is 5. The molecule has 0 unspecified atom stereocenters. The Labute approximate surface area is 218 Å². The summed E-state index contributed by atoms with van der Waals surface area (Å²) in [5.74, 6) is 7.19. The van der Waals surface area contributed by atoms with E-state index in [4.69, 9.17) is 4.99 Å². The number of nitrogens with one attached hydrogen (secondary N) is 1. The highest BCUT2D eigenvalue weighted by Crippen LogP contribution is 2.46. The molecular weight excluding hydrogens is 462 g/mol. The lowest BCUT2D eigenvalue weighted by Gasteiger charge is -2.34. The summed E-state index contributed by atoms with van der Waals surface area (Å²) >= 11 is 0. The van der Waals surface area contributed by atoms with Crippen molar-refractivity contribution < 1.29 is 9.59 Å². The Kier molecular flexibility index (Phi) is 5.48. The summed E-state index contributed by atoms with van der Waals surface area (Å²) in [6.45, 7) is 6.53. The lowest BCUT2D eigenvalue weighted by molar-refractivity contribution is -0.127. The van der Waals surface area contributed by atoms with Crippen LogP contribution in [0.2, 0.25) is 0 Å². The van der Waals surface area contributed by atoms with Gasteiger partial charge in [-0.1, -0.05) is 51.5 Å². The molecular formula is C30H33N5O2. The quantitative estimate of drug-likeness (QED) is 0.601. The Hall–Kier alpha value is -3.53. The second kappa shape index (κ2) is 8.51. The Morgan fingerprint density at radius 3 is 2.62 bits per heavy atom. The molecule has 0 radical (unpaired) electrons. The van der Waals surface area contributed by atoms with Crippen molar-refractivity contribution in [3.05, 3.63) is 53.0 Å². The van der Waals surface area contributed by atoms with E-state index in [1.165, 1.54) is 12.8 Å². The van der Waals surface area contributed by atoms with Crippen LogP contribution in [0.5, 0.6) is 0 Å². The number of fused-ring (bicyclic) bond motifs is 3. The molecule has 1 fully saturated rings. The van der Waals surface area contributed by atoms with Crippen molar-refractivity contribution in [3.8, 4) is 11.8 Å². The number of rotatable bonds is 1. The molecule has 2 aromatic heterocycles. The molecule has 2 aliphatic carbocycles. The number of nitrogens with zero attached hydrogens (tertiary/aromatic N) is 4. The maximum atomic E-state index is 13.5. The van der Waals surface area contributed by atoms with Gasteiger partial charge in [0.25, 0.3) is 5.91 Å². The summed E-state index contributed by atoms with van der Waals surface area (Å²) in [7, 11) is 0. The van der Waals surface area contributed by atoms with E-state index < -0.39 is 11.1 Å². The third-order valence-corrected chi connectivity index (χ3v) is 8.37. The topological polar surface area (TPSA) is 87.6 Å². The van der Waals surface area contributed by atoms with Crippen molar-refractivity contribution in [2.45, 2.75) is 83.2 Å². The Morgan fingerprint density at radius 1 is 1.08 bits per heavy atom. The van der Waals surface area contributed by atoms with Gasteiger partial charge in [-0.05, 0) is 49.8 Å². The molecule has 0 saturated heterocycles. The van der Waals surface area contributed by atoms with E-state index in [-0.39, 0.29) is 17.2 Å². The zero-order valence-corrected chi connectivity index (χ0v) is 21.9. The van der Waals surface area contributed by atoms with E-state index >= 15 is 0 Å². The number of pyridine rings is 2. The molecule has 1 atom stereocenters.